The first-order valence-electron chi connectivity index (χ1n) is 10.0. The molecule has 1 unspecified atom stereocenters. The minimum atomic E-state index is -2.48. The summed E-state index contributed by atoms with van der Waals surface area (Å²) in [5, 5.41) is 11.7. The molecule has 3 nitrogen and oxygen atoms in total. The molecule has 154 valence electrons. The van der Waals surface area contributed by atoms with E-state index in [1.807, 2.05) is 57.2 Å². The molecule has 0 fully saturated rings. The Labute approximate surface area is 201 Å². The summed E-state index contributed by atoms with van der Waals surface area (Å²) in [6, 6.07) is 30.6. The smallest absolute Gasteiger partial charge is 0.571 e. The van der Waals surface area contributed by atoms with Crippen LogP contribution in [0.1, 0.15) is 37.6 Å². The van der Waals surface area contributed by atoms with Crippen LogP contribution >= 0.6 is 0 Å². The normalized spacial score (nSPS) is 13.5. The van der Waals surface area contributed by atoms with Gasteiger partial charge in [-0.1, -0.05) is 133 Å². The summed E-state index contributed by atoms with van der Waals surface area (Å²) < 4.78 is 17.7. The Kier molecular flexibility index (Phi) is 8.66. The zero-order valence-corrected chi connectivity index (χ0v) is 20.7. The summed E-state index contributed by atoms with van der Waals surface area (Å²) in [4.78, 5) is 0. The van der Waals surface area contributed by atoms with Crippen molar-refractivity contribution in [3.63, 3.8) is 0 Å². The second-order valence-electron chi connectivity index (χ2n) is 8.54. The molecule has 0 amide bonds. The molecule has 0 saturated heterocycles. The van der Waals surface area contributed by atoms with Crippen molar-refractivity contribution in [1.82, 2.24) is 0 Å². The second-order valence-corrected chi connectivity index (χ2v) is 14.6. The molecular weight excluding hydrogens is 411 g/mol. The van der Waals surface area contributed by atoms with Crippen LogP contribution in [0.25, 0.3) is 4.72 Å². The Morgan fingerprint density at radius 3 is 1.71 bits per heavy atom. The van der Waals surface area contributed by atoms with Gasteiger partial charge in [-0.05, 0) is 12.1 Å². The molecule has 31 heavy (non-hydrogen) atoms. The monoisotopic (exact) mass is 438 g/mol. The van der Waals surface area contributed by atoms with Gasteiger partial charge in [-0.3, -0.25) is 4.21 Å². The molecule has 0 spiro atoms. The maximum absolute atomic E-state index is 13.2. The van der Waals surface area contributed by atoms with Crippen LogP contribution in [0.4, 0.5) is 0 Å². The summed E-state index contributed by atoms with van der Waals surface area (Å²) in [5.41, 5.74) is 1.35. The third-order valence-electron chi connectivity index (χ3n) is 5.37. The van der Waals surface area contributed by atoms with Crippen molar-refractivity contribution in [2.75, 3.05) is 0 Å². The predicted molar refractivity (Wildman–Crippen MR) is 129 cm³/mol. The molecule has 0 radical (unpaired) electrons. The molecule has 3 aromatic carbocycles. The molecule has 0 aliphatic heterocycles. The quantitative estimate of drug-likeness (QED) is 0.552. The van der Waals surface area contributed by atoms with E-state index in [0.717, 1.165) is 5.56 Å². The van der Waals surface area contributed by atoms with Gasteiger partial charge in [0.25, 0.3) is 0 Å². The summed E-state index contributed by atoms with van der Waals surface area (Å²) in [7, 11) is -3.86. The number of hydrogen-bond donors (Lipinski definition) is 0. The fraction of sp³-hybridized carbons (Fsp3) is 0.240. The number of benzene rings is 3. The zero-order chi connectivity index (χ0) is 21.8. The molecule has 0 aliphatic rings. The van der Waals surface area contributed by atoms with Gasteiger partial charge < -0.3 is 4.72 Å². The van der Waals surface area contributed by atoms with E-state index in [2.05, 4.69) is 61.1 Å². The van der Waals surface area contributed by atoms with Crippen molar-refractivity contribution < 1.29 is 23.1 Å². The van der Waals surface area contributed by atoms with Crippen LogP contribution in [0.15, 0.2) is 84.9 Å². The number of hydrogen-bond acceptors (Lipinski definition) is 2. The van der Waals surface area contributed by atoms with Crippen molar-refractivity contribution in [2.45, 2.75) is 37.7 Å². The third kappa shape index (κ3) is 5.66. The van der Waals surface area contributed by atoms with Crippen molar-refractivity contribution in [3.8, 4) is 6.07 Å². The van der Waals surface area contributed by atoms with Gasteiger partial charge in [0.2, 0.25) is 0 Å². The van der Waals surface area contributed by atoms with Crippen molar-refractivity contribution in [2.24, 2.45) is 0 Å². The van der Waals surface area contributed by atoms with E-state index in [1.165, 1.54) is 10.4 Å². The van der Waals surface area contributed by atoms with Gasteiger partial charge in [0, 0.05) is 4.75 Å². The van der Waals surface area contributed by atoms with Crippen LogP contribution < -0.4 is 29.2 Å². The average molecular weight is 439 g/mol. The maximum atomic E-state index is 13.2. The van der Waals surface area contributed by atoms with E-state index in [0.29, 0.717) is 5.56 Å². The summed E-state index contributed by atoms with van der Waals surface area (Å²) in [5.74, 6) is 0. The Hall–Kier alpha value is -1.93. The number of nitrogens with zero attached hydrogens (tertiary/aromatic N) is 2. The average Bonchev–Trinajstić information content (AvgIpc) is 2.77. The third-order valence-corrected chi connectivity index (χ3v) is 11.6. The largest absolute Gasteiger partial charge is 1.00 e. The minimum absolute atomic E-state index is 0. The van der Waals surface area contributed by atoms with E-state index in [9.17, 15) is 9.47 Å². The predicted octanol–water partition coefficient (Wildman–Crippen LogP) is 1.87. The molecule has 2 atom stereocenters. The molecule has 0 aromatic heterocycles. The van der Waals surface area contributed by atoms with E-state index in [-0.39, 0.29) is 24.5 Å². The van der Waals surface area contributed by atoms with Crippen LogP contribution in [0.2, 0.25) is 6.55 Å². The summed E-state index contributed by atoms with van der Waals surface area (Å²) in [6.07, 6.45) is 0. The molecule has 0 bridgehead atoms. The van der Waals surface area contributed by atoms with Gasteiger partial charge in [-0.2, -0.15) is 5.26 Å². The Balaban J connectivity index is 0.00000341. The van der Waals surface area contributed by atoms with Crippen LogP contribution in [-0.4, -0.2) is 17.0 Å². The zero-order valence-electron chi connectivity index (χ0n) is 18.9. The molecule has 0 saturated carbocycles. The molecule has 0 aliphatic carbocycles. The van der Waals surface area contributed by atoms with E-state index >= 15 is 0 Å². The molecule has 0 N–H and O–H groups in total. The second kappa shape index (κ2) is 10.6. The topological polar surface area (TPSA) is 55.0 Å². The molecule has 3 aromatic rings. The Bertz CT molecular complexity index is 1010. The SMILES string of the molecule is CC(C)(C)[S@@](=O)[N-]C(c1ccc(C#N)cc1)[Si](C)(c1ccccc1)c1ccccc1.[Li+]. The van der Waals surface area contributed by atoms with E-state index < -0.39 is 23.8 Å². The van der Waals surface area contributed by atoms with E-state index in [4.69, 9.17) is 4.72 Å². The van der Waals surface area contributed by atoms with Crippen molar-refractivity contribution >= 4 is 29.4 Å². The van der Waals surface area contributed by atoms with Crippen LogP contribution in [0.5, 0.6) is 0 Å². The number of nitriles is 1. The van der Waals surface area contributed by atoms with Crippen molar-refractivity contribution in [1.29, 1.82) is 5.26 Å². The summed E-state index contributed by atoms with van der Waals surface area (Å²) >= 11 is 0. The van der Waals surface area contributed by atoms with Gasteiger partial charge in [0.05, 0.1) is 11.6 Å². The van der Waals surface area contributed by atoms with Crippen LogP contribution in [0, 0.1) is 11.3 Å². The maximum Gasteiger partial charge on any atom is 1.00 e. The minimum Gasteiger partial charge on any atom is -0.571 e. The van der Waals surface area contributed by atoms with Gasteiger partial charge in [0.15, 0.2) is 0 Å². The van der Waals surface area contributed by atoms with Gasteiger partial charge in [-0.15, -0.1) is 0 Å². The first-order valence-corrected chi connectivity index (χ1v) is 13.7. The van der Waals surface area contributed by atoms with Gasteiger partial charge in [0.1, 0.15) is 8.07 Å². The van der Waals surface area contributed by atoms with Crippen molar-refractivity contribution in [3.05, 3.63) is 101 Å². The van der Waals surface area contributed by atoms with Gasteiger partial charge >= 0.3 is 18.9 Å². The Morgan fingerprint density at radius 1 is 0.871 bits per heavy atom. The molecule has 0 heterocycles. The van der Waals surface area contributed by atoms with E-state index in [1.54, 1.807) is 0 Å². The van der Waals surface area contributed by atoms with Crippen LogP contribution in [-0.2, 0) is 11.0 Å². The first-order chi connectivity index (χ1) is 14.3. The molecular formula is C25H27LiN2OSSi. The molecule has 3 rings (SSSR count). The number of rotatable bonds is 6. The first kappa shape index (κ1) is 25.3. The fourth-order valence-corrected chi connectivity index (χ4v) is 8.90. The molecule has 6 heteroatoms. The van der Waals surface area contributed by atoms with Gasteiger partial charge in [-0.25, -0.2) is 0 Å². The standard InChI is InChI=1S/C25H27N2OSSi.Li/c1-25(2,3)29(28)27-24(21-17-15-20(19-26)16-18-21)30(4,22-11-7-5-8-12-22)23-13-9-6-10-14-23;/h5-18,24H,1-4H3;/q-1;+1/t24?,29-;/m1./s1. The van der Waals surface area contributed by atoms with Crippen LogP contribution in [0.3, 0.4) is 0 Å². The Morgan fingerprint density at radius 2 is 1.32 bits per heavy atom. The fourth-order valence-electron chi connectivity index (χ4n) is 3.54. The summed E-state index contributed by atoms with van der Waals surface area (Å²) in [6.45, 7) is 8.15.